The van der Waals surface area contributed by atoms with Gasteiger partial charge in [0.15, 0.2) is 7.28 Å². The second-order valence-electron chi connectivity index (χ2n) is 12.1. The van der Waals surface area contributed by atoms with Crippen molar-refractivity contribution >= 4 is 18.2 Å². The Balaban J connectivity index is 1.60. The third-order valence-corrected chi connectivity index (χ3v) is 8.26. The summed E-state index contributed by atoms with van der Waals surface area (Å²) >= 11 is 0. The van der Waals surface area contributed by atoms with Crippen LogP contribution in [0.4, 0.5) is 0 Å². The van der Waals surface area contributed by atoms with Crippen molar-refractivity contribution in [3.63, 3.8) is 0 Å². The van der Waals surface area contributed by atoms with Gasteiger partial charge >= 0.3 is 0 Å². The molecule has 0 aliphatic carbocycles. The molecule has 4 rings (SSSR count). The van der Waals surface area contributed by atoms with E-state index in [1.165, 1.54) is 73.0 Å². The summed E-state index contributed by atoms with van der Waals surface area (Å²) in [5, 5.41) is 0. The maximum atomic E-state index is 2.37. The second-order valence-corrected chi connectivity index (χ2v) is 12.1. The Hall–Kier alpha value is -3.06. The third kappa shape index (κ3) is 5.93. The van der Waals surface area contributed by atoms with Crippen LogP contribution in [0.3, 0.4) is 0 Å². The number of aryl methyl sites for hydroxylation is 4. The van der Waals surface area contributed by atoms with Crippen LogP contribution in [-0.4, -0.2) is 7.28 Å². The molecule has 0 aliphatic heterocycles. The van der Waals surface area contributed by atoms with Crippen molar-refractivity contribution in [2.45, 2.75) is 80.1 Å². The maximum absolute atomic E-state index is 2.37. The zero-order chi connectivity index (χ0) is 26.9. The molecule has 0 radical (unpaired) electrons. The van der Waals surface area contributed by atoms with Gasteiger partial charge in [0.1, 0.15) is 0 Å². The highest BCUT2D eigenvalue weighted by Crippen LogP contribution is 2.28. The van der Waals surface area contributed by atoms with Crippen molar-refractivity contribution in [2.75, 3.05) is 0 Å². The van der Waals surface area contributed by atoms with E-state index in [-0.39, 0.29) is 5.41 Å². The summed E-state index contributed by atoms with van der Waals surface area (Å²) in [6, 6.07) is 27.8. The molecule has 4 aromatic carbocycles. The third-order valence-electron chi connectivity index (χ3n) is 8.26. The monoisotopic (exact) mass is 486 g/mol. The molecule has 1 unspecified atom stereocenters. The first-order valence-corrected chi connectivity index (χ1v) is 13.9. The van der Waals surface area contributed by atoms with Gasteiger partial charge in [-0.25, -0.2) is 0 Å². The molecule has 0 aliphatic rings. The Kier molecular flexibility index (Phi) is 7.84. The van der Waals surface area contributed by atoms with Crippen LogP contribution >= 0.6 is 0 Å². The van der Waals surface area contributed by atoms with E-state index in [1.54, 1.807) is 0 Å². The van der Waals surface area contributed by atoms with Crippen molar-refractivity contribution < 1.29 is 0 Å². The molecule has 0 bridgehead atoms. The van der Waals surface area contributed by atoms with E-state index in [0.717, 1.165) is 7.28 Å². The number of rotatable bonds is 6. The first kappa shape index (κ1) is 27.0. The SMILES string of the molecule is CCC(C)c1ccc(-c2cc(C)c(Bc3c(C)cc(-c4ccc(C(C)(C)C)cc4)cc3C)c(C)c2)cc1. The van der Waals surface area contributed by atoms with Gasteiger partial charge in [0.25, 0.3) is 0 Å². The maximum Gasteiger partial charge on any atom is 0.193 e. The van der Waals surface area contributed by atoms with Gasteiger partial charge < -0.3 is 0 Å². The highest BCUT2D eigenvalue weighted by Gasteiger charge is 2.16. The minimum Gasteiger partial charge on any atom is -0.0728 e. The summed E-state index contributed by atoms with van der Waals surface area (Å²) in [4.78, 5) is 0. The smallest absolute Gasteiger partial charge is 0.0728 e. The second kappa shape index (κ2) is 10.7. The van der Waals surface area contributed by atoms with Gasteiger partial charge in [0.2, 0.25) is 0 Å². The fourth-order valence-electron chi connectivity index (χ4n) is 5.46. The van der Waals surface area contributed by atoms with E-state index < -0.39 is 0 Å². The van der Waals surface area contributed by atoms with Crippen molar-refractivity contribution in [3.05, 3.63) is 106 Å². The number of hydrogen-bond donors (Lipinski definition) is 0. The Bertz CT molecular complexity index is 1340. The molecule has 0 fully saturated rings. The number of hydrogen-bond acceptors (Lipinski definition) is 0. The minimum atomic E-state index is 0.177. The fraction of sp³-hybridized carbons (Fsp3) is 0.333. The molecule has 37 heavy (non-hydrogen) atoms. The lowest BCUT2D eigenvalue weighted by atomic mass is 9.58. The summed E-state index contributed by atoms with van der Waals surface area (Å²) in [6.07, 6.45) is 1.18. The first-order valence-electron chi connectivity index (χ1n) is 13.9. The predicted molar refractivity (Wildman–Crippen MR) is 167 cm³/mol. The molecular weight excluding hydrogens is 443 g/mol. The van der Waals surface area contributed by atoms with E-state index in [2.05, 4.69) is 135 Å². The first-order chi connectivity index (χ1) is 17.5. The molecule has 0 saturated carbocycles. The summed E-state index contributed by atoms with van der Waals surface area (Å²) < 4.78 is 0. The average molecular weight is 487 g/mol. The Morgan fingerprint density at radius 3 is 1.32 bits per heavy atom. The van der Waals surface area contributed by atoms with E-state index in [1.807, 2.05) is 0 Å². The minimum absolute atomic E-state index is 0.177. The van der Waals surface area contributed by atoms with E-state index in [0.29, 0.717) is 5.92 Å². The van der Waals surface area contributed by atoms with Gasteiger partial charge in [-0.15, -0.1) is 0 Å². The quantitative estimate of drug-likeness (QED) is 0.240. The van der Waals surface area contributed by atoms with Crippen LogP contribution in [0.5, 0.6) is 0 Å². The molecule has 0 spiro atoms. The normalized spacial score (nSPS) is 12.5. The molecule has 1 atom stereocenters. The Morgan fingerprint density at radius 1 is 0.595 bits per heavy atom. The Morgan fingerprint density at radius 2 is 0.973 bits per heavy atom. The summed E-state index contributed by atoms with van der Waals surface area (Å²) in [5.41, 5.74) is 16.6. The lowest BCUT2D eigenvalue weighted by Crippen LogP contribution is -2.34. The van der Waals surface area contributed by atoms with Gasteiger partial charge in [-0.3, -0.25) is 0 Å². The molecule has 0 saturated heterocycles. The summed E-state index contributed by atoms with van der Waals surface area (Å²) in [7, 11) is 0.978. The zero-order valence-electron chi connectivity index (χ0n) is 24.4. The van der Waals surface area contributed by atoms with Crippen LogP contribution in [0.1, 0.15) is 80.3 Å². The molecule has 0 amide bonds. The predicted octanol–water partition coefficient (Wildman–Crippen LogP) is 8.45. The van der Waals surface area contributed by atoms with Gasteiger partial charge in [0, 0.05) is 0 Å². The summed E-state index contributed by atoms with van der Waals surface area (Å²) in [5.74, 6) is 0.612. The molecule has 0 aromatic heterocycles. The van der Waals surface area contributed by atoms with Gasteiger partial charge in [-0.2, -0.15) is 0 Å². The van der Waals surface area contributed by atoms with Gasteiger partial charge in [-0.05, 0) is 78.8 Å². The molecule has 0 heterocycles. The van der Waals surface area contributed by atoms with Crippen molar-refractivity contribution in [1.82, 2.24) is 0 Å². The van der Waals surface area contributed by atoms with Crippen LogP contribution in [0, 0.1) is 27.7 Å². The molecular formula is C36H43B. The van der Waals surface area contributed by atoms with Crippen molar-refractivity contribution in [3.8, 4) is 22.3 Å². The largest absolute Gasteiger partial charge is 0.193 e. The lowest BCUT2D eigenvalue weighted by Gasteiger charge is -2.20. The highest BCUT2D eigenvalue weighted by molar-refractivity contribution is 6.69. The van der Waals surface area contributed by atoms with Crippen LogP contribution < -0.4 is 10.9 Å². The van der Waals surface area contributed by atoms with E-state index in [9.17, 15) is 0 Å². The summed E-state index contributed by atoms with van der Waals surface area (Å²) in [6.45, 7) is 20.5. The molecule has 4 aromatic rings. The highest BCUT2D eigenvalue weighted by atomic mass is 14.2. The van der Waals surface area contributed by atoms with Crippen LogP contribution in [-0.2, 0) is 5.41 Å². The van der Waals surface area contributed by atoms with Gasteiger partial charge in [-0.1, -0.05) is 141 Å². The number of benzene rings is 4. The molecule has 190 valence electrons. The fourth-order valence-corrected chi connectivity index (χ4v) is 5.46. The van der Waals surface area contributed by atoms with E-state index in [4.69, 9.17) is 0 Å². The molecule has 0 N–H and O–H groups in total. The van der Waals surface area contributed by atoms with Crippen LogP contribution in [0.15, 0.2) is 72.8 Å². The average Bonchev–Trinajstić information content (AvgIpc) is 2.86. The molecule has 1 heteroatoms. The Labute approximate surface area is 226 Å². The van der Waals surface area contributed by atoms with Crippen LogP contribution in [0.2, 0.25) is 0 Å². The molecule has 0 nitrogen and oxygen atoms in total. The lowest BCUT2D eigenvalue weighted by molar-refractivity contribution is 0.590. The standard InChI is InChI=1S/C36H43B/c1-10-23(2)28-11-13-29(14-12-28)31-19-24(3)34(25(4)20-31)37-35-26(5)21-32(22-27(35)6)30-15-17-33(18-16-30)36(7,8)9/h11-23,37H,10H2,1-9H3. The zero-order valence-corrected chi connectivity index (χ0v) is 24.4. The topological polar surface area (TPSA) is 0 Å². The van der Waals surface area contributed by atoms with E-state index >= 15 is 0 Å². The van der Waals surface area contributed by atoms with Crippen LogP contribution in [0.25, 0.3) is 22.3 Å². The van der Waals surface area contributed by atoms with Crippen molar-refractivity contribution in [2.24, 2.45) is 0 Å². The van der Waals surface area contributed by atoms with Gasteiger partial charge in [0.05, 0.1) is 0 Å². The van der Waals surface area contributed by atoms with Crippen molar-refractivity contribution in [1.29, 1.82) is 0 Å².